The minimum Gasteiger partial charge on any atom is -0.466 e. The van der Waals surface area contributed by atoms with Crippen molar-refractivity contribution >= 4 is 23.5 Å². The number of nitrogens with zero attached hydrogens (tertiary/aromatic N) is 1. The first-order valence-electron chi connectivity index (χ1n) is 7.95. The fraction of sp³-hybridized carbons (Fsp3) is 0.263. The lowest BCUT2D eigenvalue weighted by molar-refractivity contribution is -0.143. The van der Waals surface area contributed by atoms with Gasteiger partial charge in [0.25, 0.3) is 5.91 Å². The van der Waals surface area contributed by atoms with E-state index in [9.17, 15) is 14.0 Å². The van der Waals surface area contributed by atoms with E-state index in [1.807, 2.05) is 6.07 Å². The highest BCUT2D eigenvalue weighted by Crippen LogP contribution is 2.19. The van der Waals surface area contributed by atoms with Crippen molar-refractivity contribution in [2.45, 2.75) is 19.9 Å². The summed E-state index contributed by atoms with van der Waals surface area (Å²) < 4.78 is 18.3. The third kappa shape index (κ3) is 5.57. The van der Waals surface area contributed by atoms with E-state index in [2.05, 4.69) is 0 Å². The number of benzene rings is 2. The van der Waals surface area contributed by atoms with Crippen molar-refractivity contribution in [2.24, 2.45) is 0 Å². The van der Waals surface area contributed by atoms with E-state index in [1.54, 1.807) is 25.1 Å². The van der Waals surface area contributed by atoms with Crippen molar-refractivity contribution in [3.63, 3.8) is 0 Å². The summed E-state index contributed by atoms with van der Waals surface area (Å²) in [6, 6.07) is 12.6. The van der Waals surface area contributed by atoms with Gasteiger partial charge in [0.1, 0.15) is 5.82 Å². The topological polar surface area (TPSA) is 46.6 Å². The van der Waals surface area contributed by atoms with E-state index in [0.717, 1.165) is 5.56 Å². The molecule has 0 fully saturated rings. The maximum atomic E-state index is 13.4. The highest BCUT2D eigenvalue weighted by atomic mass is 35.5. The summed E-state index contributed by atoms with van der Waals surface area (Å²) in [5.41, 5.74) is 0.966. The summed E-state index contributed by atoms with van der Waals surface area (Å²) >= 11 is 6.17. The molecule has 2 aromatic rings. The molecule has 2 aromatic carbocycles. The maximum Gasteiger partial charge on any atom is 0.307 e. The maximum absolute atomic E-state index is 13.4. The molecule has 0 unspecified atom stereocenters. The zero-order valence-corrected chi connectivity index (χ0v) is 14.6. The van der Waals surface area contributed by atoms with E-state index >= 15 is 0 Å². The second kappa shape index (κ2) is 9.18. The van der Waals surface area contributed by atoms with Crippen LogP contribution in [0.4, 0.5) is 4.39 Å². The molecule has 0 aliphatic heterocycles. The van der Waals surface area contributed by atoms with Gasteiger partial charge in [0.15, 0.2) is 0 Å². The predicted octanol–water partition coefficient (Wildman–Crippen LogP) is 4.07. The predicted molar refractivity (Wildman–Crippen MR) is 93.8 cm³/mol. The van der Waals surface area contributed by atoms with Crippen LogP contribution in [0.2, 0.25) is 5.02 Å². The fourth-order valence-electron chi connectivity index (χ4n) is 2.35. The van der Waals surface area contributed by atoms with Gasteiger partial charge >= 0.3 is 5.97 Å². The number of rotatable bonds is 7. The molecule has 0 bridgehead atoms. The number of halogens is 2. The van der Waals surface area contributed by atoms with E-state index in [0.29, 0.717) is 5.02 Å². The lowest BCUT2D eigenvalue weighted by Crippen LogP contribution is -2.33. The molecule has 0 aromatic heterocycles. The molecule has 1 amide bonds. The van der Waals surface area contributed by atoms with Gasteiger partial charge in [-0.2, -0.15) is 0 Å². The Bertz CT molecular complexity index is 751. The molecular weight excluding hydrogens is 345 g/mol. The van der Waals surface area contributed by atoms with E-state index in [1.165, 1.54) is 29.2 Å². The standard InChI is InChI=1S/C19H19ClFNO3/c1-2-25-18(23)10-11-22(13-15-6-3-4-9-17(15)20)19(24)14-7-5-8-16(21)12-14/h3-9,12H,2,10-11,13H2,1H3. The Morgan fingerprint density at radius 1 is 1.16 bits per heavy atom. The van der Waals surface area contributed by atoms with Gasteiger partial charge in [-0.1, -0.05) is 35.9 Å². The summed E-state index contributed by atoms with van der Waals surface area (Å²) in [5, 5.41) is 0.524. The van der Waals surface area contributed by atoms with Gasteiger partial charge in [-0.3, -0.25) is 9.59 Å². The molecule has 0 radical (unpaired) electrons. The number of carbonyl (C=O) groups is 2. The van der Waals surface area contributed by atoms with Gasteiger partial charge in [0.2, 0.25) is 0 Å². The van der Waals surface area contributed by atoms with Crippen LogP contribution in [0.1, 0.15) is 29.3 Å². The number of ether oxygens (including phenoxy) is 1. The summed E-state index contributed by atoms with van der Waals surface area (Å²) in [7, 11) is 0. The highest BCUT2D eigenvalue weighted by molar-refractivity contribution is 6.31. The third-order valence-corrected chi connectivity index (χ3v) is 3.94. The molecule has 0 heterocycles. The Kier molecular flexibility index (Phi) is 6.95. The van der Waals surface area contributed by atoms with Crippen LogP contribution < -0.4 is 0 Å². The molecule has 0 spiro atoms. The molecule has 0 saturated carbocycles. The normalized spacial score (nSPS) is 10.4. The molecule has 0 aliphatic carbocycles. The van der Waals surface area contributed by atoms with Crippen LogP contribution in [0.25, 0.3) is 0 Å². The number of hydrogen-bond acceptors (Lipinski definition) is 3. The molecule has 6 heteroatoms. The second-order valence-corrected chi connectivity index (χ2v) is 5.79. The second-order valence-electron chi connectivity index (χ2n) is 5.38. The van der Waals surface area contributed by atoms with Crippen LogP contribution in [-0.4, -0.2) is 29.9 Å². The molecule has 0 saturated heterocycles. The largest absolute Gasteiger partial charge is 0.466 e. The SMILES string of the molecule is CCOC(=O)CCN(Cc1ccccc1Cl)C(=O)c1cccc(F)c1. The van der Waals surface area contributed by atoms with Crippen LogP contribution in [0.3, 0.4) is 0 Å². The Labute approximate surface area is 151 Å². The van der Waals surface area contributed by atoms with Crippen molar-refractivity contribution in [3.8, 4) is 0 Å². The van der Waals surface area contributed by atoms with Crippen molar-refractivity contribution in [3.05, 3.63) is 70.5 Å². The lowest BCUT2D eigenvalue weighted by atomic mass is 10.1. The van der Waals surface area contributed by atoms with Crippen LogP contribution in [-0.2, 0) is 16.1 Å². The summed E-state index contributed by atoms with van der Waals surface area (Å²) in [6.45, 7) is 2.37. The molecular formula is C19H19ClFNO3. The minimum atomic E-state index is -0.492. The number of esters is 1. The summed E-state index contributed by atoms with van der Waals surface area (Å²) in [5.74, 6) is -1.25. The minimum absolute atomic E-state index is 0.0549. The van der Waals surface area contributed by atoms with Gasteiger partial charge < -0.3 is 9.64 Å². The quantitative estimate of drug-likeness (QED) is 0.696. The van der Waals surface area contributed by atoms with Crippen molar-refractivity contribution in [1.29, 1.82) is 0 Å². The Morgan fingerprint density at radius 3 is 2.60 bits per heavy atom. The molecule has 132 valence electrons. The van der Waals surface area contributed by atoms with Crippen LogP contribution in [0, 0.1) is 5.82 Å². The Balaban J connectivity index is 2.20. The van der Waals surface area contributed by atoms with Gasteiger partial charge in [-0.25, -0.2) is 4.39 Å². The van der Waals surface area contributed by atoms with Gasteiger partial charge in [-0.15, -0.1) is 0 Å². The average Bonchev–Trinajstić information content (AvgIpc) is 2.60. The smallest absolute Gasteiger partial charge is 0.307 e. The fourth-order valence-corrected chi connectivity index (χ4v) is 2.54. The van der Waals surface area contributed by atoms with Gasteiger partial charge in [0.05, 0.1) is 13.0 Å². The Morgan fingerprint density at radius 2 is 1.92 bits per heavy atom. The summed E-state index contributed by atoms with van der Waals surface area (Å²) in [6.07, 6.45) is 0.0549. The molecule has 4 nitrogen and oxygen atoms in total. The molecule has 2 rings (SSSR count). The third-order valence-electron chi connectivity index (χ3n) is 3.57. The van der Waals surface area contributed by atoms with Gasteiger partial charge in [0, 0.05) is 23.7 Å². The Hall–Kier alpha value is -2.40. The molecule has 0 N–H and O–H groups in total. The average molecular weight is 364 g/mol. The molecule has 0 aliphatic rings. The molecule has 25 heavy (non-hydrogen) atoms. The van der Waals surface area contributed by atoms with Crippen molar-refractivity contribution < 1.29 is 18.7 Å². The van der Waals surface area contributed by atoms with Crippen molar-refractivity contribution in [1.82, 2.24) is 4.90 Å². The van der Waals surface area contributed by atoms with E-state index < -0.39 is 11.8 Å². The van der Waals surface area contributed by atoms with Crippen LogP contribution >= 0.6 is 11.6 Å². The number of carbonyl (C=O) groups excluding carboxylic acids is 2. The van der Waals surface area contributed by atoms with Gasteiger partial charge in [-0.05, 0) is 36.8 Å². The first-order chi connectivity index (χ1) is 12.0. The summed E-state index contributed by atoms with van der Waals surface area (Å²) in [4.78, 5) is 25.8. The van der Waals surface area contributed by atoms with Crippen LogP contribution in [0.5, 0.6) is 0 Å². The van der Waals surface area contributed by atoms with E-state index in [4.69, 9.17) is 16.3 Å². The van der Waals surface area contributed by atoms with Crippen molar-refractivity contribution in [2.75, 3.05) is 13.2 Å². The molecule has 0 atom stereocenters. The first-order valence-corrected chi connectivity index (χ1v) is 8.33. The zero-order chi connectivity index (χ0) is 18.2. The highest BCUT2D eigenvalue weighted by Gasteiger charge is 2.19. The lowest BCUT2D eigenvalue weighted by Gasteiger charge is -2.23. The first kappa shape index (κ1) is 18.9. The van der Waals surface area contributed by atoms with Crippen LogP contribution in [0.15, 0.2) is 48.5 Å². The zero-order valence-electron chi connectivity index (χ0n) is 13.9. The van der Waals surface area contributed by atoms with E-state index in [-0.39, 0.29) is 37.6 Å². The number of hydrogen-bond donors (Lipinski definition) is 0. The monoisotopic (exact) mass is 363 g/mol. The number of amides is 1.